The number of rotatable bonds is 2. The zero-order valence-electron chi connectivity index (χ0n) is 9.81. The van der Waals surface area contributed by atoms with E-state index < -0.39 is 0 Å². The van der Waals surface area contributed by atoms with Crippen LogP contribution in [0.15, 0.2) is 23.1 Å². The predicted octanol–water partition coefficient (Wildman–Crippen LogP) is 1.65. The number of anilines is 1. The second-order valence-electron chi connectivity index (χ2n) is 4.84. The lowest BCUT2D eigenvalue weighted by molar-refractivity contribution is -0.113. The summed E-state index contributed by atoms with van der Waals surface area (Å²) < 4.78 is 0. The van der Waals surface area contributed by atoms with Gasteiger partial charge in [0.05, 0.1) is 11.4 Å². The predicted molar refractivity (Wildman–Crippen MR) is 70.8 cm³/mol. The van der Waals surface area contributed by atoms with Crippen molar-refractivity contribution in [2.75, 3.05) is 11.1 Å². The van der Waals surface area contributed by atoms with Crippen LogP contribution in [-0.4, -0.2) is 23.5 Å². The second-order valence-corrected chi connectivity index (χ2v) is 5.86. The van der Waals surface area contributed by atoms with Crippen LogP contribution in [0.4, 0.5) is 5.69 Å². The Bertz CT molecular complexity index is 524. The summed E-state index contributed by atoms with van der Waals surface area (Å²) in [7, 11) is 0. The Morgan fingerprint density at radius 1 is 1.39 bits per heavy atom. The highest BCUT2D eigenvalue weighted by Gasteiger charge is 2.32. The zero-order valence-corrected chi connectivity index (χ0v) is 10.6. The van der Waals surface area contributed by atoms with Crippen LogP contribution in [0.25, 0.3) is 0 Å². The Labute approximate surface area is 109 Å². The molecule has 1 fully saturated rings. The van der Waals surface area contributed by atoms with Crippen LogP contribution in [0.5, 0.6) is 0 Å². The highest BCUT2D eigenvalue weighted by atomic mass is 32.2. The molecule has 94 valence electrons. The summed E-state index contributed by atoms with van der Waals surface area (Å²) in [4.78, 5) is 24.5. The van der Waals surface area contributed by atoms with E-state index in [1.54, 1.807) is 6.07 Å². The molecule has 1 heterocycles. The summed E-state index contributed by atoms with van der Waals surface area (Å²) in [6.07, 6.45) is 1.55. The number of nitrogens with one attached hydrogen (secondary N) is 1. The number of fused-ring (bicyclic) bond motifs is 1. The van der Waals surface area contributed by atoms with Gasteiger partial charge in [0.1, 0.15) is 0 Å². The summed E-state index contributed by atoms with van der Waals surface area (Å²) in [5.41, 5.74) is 7.13. The normalized spacial score (nSPS) is 25.9. The van der Waals surface area contributed by atoms with Gasteiger partial charge in [0.25, 0.3) is 0 Å². The molecule has 1 aliphatic heterocycles. The van der Waals surface area contributed by atoms with Crippen LogP contribution in [0.1, 0.15) is 23.2 Å². The lowest BCUT2D eigenvalue weighted by atomic mass is 9.76. The Kier molecular flexibility index (Phi) is 2.87. The summed E-state index contributed by atoms with van der Waals surface area (Å²) in [6.45, 7) is 0. The Morgan fingerprint density at radius 2 is 2.17 bits per heavy atom. The highest BCUT2D eigenvalue weighted by Crippen LogP contribution is 2.34. The lowest BCUT2D eigenvalue weighted by Crippen LogP contribution is -2.40. The largest absolute Gasteiger partial charge is 0.328 e. The summed E-state index contributed by atoms with van der Waals surface area (Å²) in [6, 6.07) is 5.71. The number of hydrogen-bond donors (Lipinski definition) is 2. The first kappa shape index (κ1) is 11.7. The fraction of sp³-hybridized carbons (Fsp3) is 0.385. The number of Topliss-reactive ketones (excluding diaryl/α,β-unsaturated/α-hetero) is 1. The molecule has 0 bridgehead atoms. The maximum atomic E-state index is 12.2. The van der Waals surface area contributed by atoms with Crippen molar-refractivity contribution in [2.24, 2.45) is 11.7 Å². The van der Waals surface area contributed by atoms with Gasteiger partial charge in [0.2, 0.25) is 5.91 Å². The standard InChI is InChI=1S/C13H14N2O2S/c14-9-3-8(4-9)13(17)7-1-2-11-10(5-7)15-12(16)6-18-11/h1-2,5,8-9H,3-4,6,14H2,(H,15,16). The molecular weight excluding hydrogens is 248 g/mol. The molecule has 1 aromatic rings. The van der Waals surface area contributed by atoms with Crippen molar-refractivity contribution in [3.63, 3.8) is 0 Å². The van der Waals surface area contributed by atoms with E-state index in [9.17, 15) is 9.59 Å². The highest BCUT2D eigenvalue weighted by molar-refractivity contribution is 8.00. The van der Waals surface area contributed by atoms with Crippen molar-refractivity contribution < 1.29 is 9.59 Å². The van der Waals surface area contributed by atoms with E-state index in [0.29, 0.717) is 11.3 Å². The molecule has 1 aromatic carbocycles. The van der Waals surface area contributed by atoms with Gasteiger partial charge in [0, 0.05) is 22.4 Å². The van der Waals surface area contributed by atoms with Gasteiger partial charge in [-0.2, -0.15) is 0 Å². The molecule has 2 aliphatic rings. The van der Waals surface area contributed by atoms with E-state index in [-0.39, 0.29) is 23.7 Å². The molecule has 4 nitrogen and oxygen atoms in total. The average molecular weight is 262 g/mol. The number of thioether (sulfide) groups is 1. The number of benzene rings is 1. The van der Waals surface area contributed by atoms with Crippen molar-refractivity contribution >= 4 is 29.1 Å². The quantitative estimate of drug-likeness (QED) is 0.795. The van der Waals surface area contributed by atoms with Gasteiger partial charge in [-0.3, -0.25) is 9.59 Å². The SMILES string of the molecule is NC1CC(C(=O)c2ccc3c(c2)NC(=O)CS3)C1. The first-order valence-electron chi connectivity index (χ1n) is 6.00. The van der Waals surface area contributed by atoms with Crippen molar-refractivity contribution in [3.8, 4) is 0 Å². The minimum atomic E-state index is -0.0113. The van der Waals surface area contributed by atoms with Crippen molar-refractivity contribution in [1.82, 2.24) is 0 Å². The zero-order chi connectivity index (χ0) is 12.7. The number of amides is 1. The van der Waals surface area contributed by atoms with Crippen LogP contribution in [0.3, 0.4) is 0 Å². The van der Waals surface area contributed by atoms with Gasteiger partial charge < -0.3 is 11.1 Å². The molecule has 5 heteroatoms. The number of hydrogen-bond acceptors (Lipinski definition) is 4. The molecule has 0 atom stereocenters. The minimum Gasteiger partial charge on any atom is -0.328 e. The van der Waals surface area contributed by atoms with Crippen LogP contribution in [0.2, 0.25) is 0 Å². The molecule has 0 saturated heterocycles. The summed E-state index contributed by atoms with van der Waals surface area (Å²) in [5.74, 6) is 0.634. The van der Waals surface area contributed by atoms with Crippen molar-refractivity contribution in [2.45, 2.75) is 23.8 Å². The Morgan fingerprint density at radius 3 is 2.89 bits per heavy atom. The molecule has 0 aromatic heterocycles. The molecule has 18 heavy (non-hydrogen) atoms. The van der Waals surface area contributed by atoms with E-state index in [1.807, 2.05) is 12.1 Å². The van der Waals surface area contributed by atoms with Crippen LogP contribution in [-0.2, 0) is 4.79 Å². The molecule has 0 spiro atoms. The van der Waals surface area contributed by atoms with Gasteiger partial charge in [-0.1, -0.05) is 6.07 Å². The van der Waals surface area contributed by atoms with Gasteiger partial charge in [0.15, 0.2) is 5.78 Å². The fourth-order valence-electron chi connectivity index (χ4n) is 2.35. The molecule has 0 unspecified atom stereocenters. The van der Waals surface area contributed by atoms with Crippen LogP contribution < -0.4 is 11.1 Å². The number of carbonyl (C=O) groups is 2. The third kappa shape index (κ3) is 2.04. The maximum absolute atomic E-state index is 12.2. The smallest absolute Gasteiger partial charge is 0.234 e. The Balaban J connectivity index is 1.83. The monoisotopic (exact) mass is 262 g/mol. The number of nitrogens with two attached hydrogens (primary N) is 1. The molecule has 3 rings (SSSR count). The van der Waals surface area contributed by atoms with E-state index in [1.165, 1.54) is 11.8 Å². The third-order valence-corrected chi connectivity index (χ3v) is 4.52. The summed E-state index contributed by atoms with van der Waals surface area (Å²) in [5, 5.41) is 2.80. The lowest BCUT2D eigenvalue weighted by Gasteiger charge is -2.31. The topological polar surface area (TPSA) is 72.2 Å². The van der Waals surface area contributed by atoms with Crippen LogP contribution >= 0.6 is 11.8 Å². The van der Waals surface area contributed by atoms with Crippen molar-refractivity contribution in [3.05, 3.63) is 23.8 Å². The average Bonchev–Trinajstić information content (AvgIpc) is 2.33. The van der Waals surface area contributed by atoms with Crippen LogP contribution in [0, 0.1) is 5.92 Å². The van der Waals surface area contributed by atoms with E-state index in [0.717, 1.165) is 23.4 Å². The minimum absolute atomic E-state index is 0.0113. The summed E-state index contributed by atoms with van der Waals surface area (Å²) >= 11 is 1.50. The van der Waals surface area contributed by atoms with Gasteiger partial charge in [-0.25, -0.2) is 0 Å². The van der Waals surface area contributed by atoms with Gasteiger partial charge in [-0.05, 0) is 25.0 Å². The Hall–Kier alpha value is -1.33. The molecular formula is C13H14N2O2S. The van der Waals surface area contributed by atoms with Gasteiger partial charge >= 0.3 is 0 Å². The maximum Gasteiger partial charge on any atom is 0.234 e. The number of ketones is 1. The molecule has 1 saturated carbocycles. The first-order chi connectivity index (χ1) is 8.63. The molecule has 3 N–H and O–H groups in total. The molecule has 0 radical (unpaired) electrons. The van der Waals surface area contributed by atoms with E-state index in [4.69, 9.17) is 5.73 Å². The van der Waals surface area contributed by atoms with E-state index >= 15 is 0 Å². The third-order valence-electron chi connectivity index (χ3n) is 3.44. The first-order valence-corrected chi connectivity index (χ1v) is 6.98. The number of carbonyl (C=O) groups excluding carboxylic acids is 2. The molecule has 1 amide bonds. The van der Waals surface area contributed by atoms with Gasteiger partial charge in [-0.15, -0.1) is 11.8 Å². The molecule has 1 aliphatic carbocycles. The van der Waals surface area contributed by atoms with Crippen molar-refractivity contribution in [1.29, 1.82) is 0 Å². The second kappa shape index (κ2) is 4.40. The van der Waals surface area contributed by atoms with E-state index in [2.05, 4.69) is 5.32 Å². The fourth-order valence-corrected chi connectivity index (χ4v) is 3.14.